The lowest BCUT2D eigenvalue weighted by atomic mass is 9.87. The van der Waals surface area contributed by atoms with Gasteiger partial charge in [0.1, 0.15) is 0 Å². The number of rotatable bonds is 5. The van der Waals surface area contributed by atoms with Gasteiger partial charge in [-0.2, -0.15) is 0 Å². The lowest BCUT2D eigenvalue weighted by molar-refractivity contribution is -0.123. The van der Waals surface area contributed by atoms with Crippen molar-refractivity contribution in [1.82, 2.24) is 20.4 Å². The minimum Gasteiger partial charge on any atom is -0.352 e. The molecule has 5 nitrogen and oxygen atoms in total. The topological polar surface area (TPSA) is 47.6 Å². The van der Waals surface area contributed by atoms with Crippen LogP contribution >= 0.6 is 12.4 Å². The van der Waals surface area contributed by atoms with E-state index >= 15 is 0 Å². The summed E-state index contributed by atoms with van der Waals surface area (Å²) in [5.74, 6) is 1.07. The standard InChI is InChI=1S/C19H36N4O.ClH/c1-16-3-5-17(6-4-16)21-18(24)13-22-9-11-23(12-10-22)15-19(2)7-8-20-14-19;/h16-17,20H,3-15H2,1-2H3,(H,21,24);1H. The summed E-state index contributed by atoms with van der Waals surface area (Å²) < 4.78 is 0. The smallest absolute Gasteiger partial charge is 0.234 e. The fraction of sp³-hybridized carbons (Fsp3) is 0.947. The largest absolute Gasteiger partial charge is 0.352 e. The molecule has 1 unspecified atom stereocenters. The third-order valence-corrected chi connectivity index (χ3v) is 6.28. The number of hydrogen-bond acceptors (Lipinski definition) is 4. The Bertz CT molecular complexity index is 412. The molecule has 2 heterocycles. The average Bonchev–Trinajstić information content (AvgIpc) is 2.98. The van der Waals surface area contributed by atoms with Gasteiger partial charge in [0.15, 0.2) is 0 Å². The minimum absolute atomic E-state index is 0. The Morgan fingerprint density at radius 2 is 1.76 bits per heavy atom. The number of amides is 1. The fourth-order valence-corrected chi connectivity index (χ4v) is 4.53. The number of piperazine rings is 1. The first kappa shape index (κ1) is 20.9. The van der Waals surface area contributed by atoms with Gasteiger partial charge in [0.2, 0.25) is 5.91 Å². The van der Waals surface area contributed by atoms with Crippen molar-refractivity contribution >= 4 is 18.3 Å². The van der Waals surface area contributed by atoms with Crippen LogP contribution in [-0.4, -0.2) is 74.1 Å². The van der Waals surface area contributed by atoms with Gasteiger partial charge in [-0.3, -0.25) is 9.69 Å². The Morgan fingerprint density at radius 3 is 2.36 bits per heavy atom. The van der Waals surface area contributed by atoms with Crippen molar-refractivity contribution in [2.24, 2.45) is 11.3 Å². The van der Waals surface area contributed by atoms with Gasteiger partial charge in [-0.05, 0) is 50.0 Å². The van der Waals surface area contributed by atoms with E-state index in [1.165, 1.54) is 25.8 Å². The van der Waals surface area contributed by atoms with Crippen LogP contribution in [0.25, 0.3) is 0 Å². The van der Waals surface area contributed by atoms with Crippen molar-refractivity contribution in [3.05, 3.63) is 0 Å². The first-order valence-electron chi connectivity index (χ1n) is 9.97. The van der Waals surface area contributed by atoms with Gasteiger partial charge in [0.25, 0.3) is 0 Å². The predicted molar refractivity (Wildman–Crippen MR) is 105 cm³/mol. The van der Waals surface area contributed by atoms with Crippen molar-refractivity contribution in [2.75, 3.05) is 52.4 Å². The van der Waals surface area contributed by atoms with Crippen LogP contribution in [0.4, 0.5) is 0 Å². The highest BCUT2D eigenvalue weighted by Gasteiger charge is 2.32. The molecular weight excluding hydrogens is 336 g/mol. The van der Waals surface area contributed by atoms with E-state index in [1.54, 1.807) is 0 Å². The van der Waals surface area contributed by atoms with E-state index in [0.29, 0.717) is 18.0 Å². The van der Waals surface area contributed by atoms with Crippen LogP contribution in [0.15, 0.2) is 0 Å². The Hall–Kier alpha value is -0.360. The van der Waals surface area contributed by atoms with E-state index in [9.17, 15) is 4.79 Å². The van der Waals surface area contributed by atoms with E-state index in [4.69, 9.17) is 0 Å². The second kappa shape index (κ2) is 9.54. The molecule has 0 aromatic heterocycles. The van der Waals surface area contributed by atoms with E-state index in [0.717, 1.165) is 58.0 Å². The number of nitrogens with zero attached hydrogens (tertiary/aromatic N) is 2. The first-order valence-corrected chi connectivity index (χ1v) is 9.97. The Labute approximate surface area is 159 Å². The van der Waals surface area contributed by atoms with Crippen LogP contribution < -0.4 is 10.6 Å². The maximum atomic E-state index is 12.3. The summed E-state index contributed by atoms with van der Waals surface area (Å²) >= 11 is 0. The van der Waals surface area contributed by atoms with Crippen molar-refractivity contribution in [3.63, 3.8) is 0 Å². The third-order valence-electron chi connectivity index (χ3n) is 6.28. The number of carbonyl (C=O) groups excluding carboxylic acids is 1. The molecule has 1 saturated carbocycles. The first-order chi connectivity index (χ1) is 11.5. The molecule has 2 N–H and O–H groups in total. The Kier molecular flexibility index (Phi) is 7.99. The van der Waals surface area contributed by atoms with Crippen molar-refractivity contribution in [1.29, 1.82) is 0 Å². The van der Waals surface area contributed by atoms with E-state index in [1.807, 2.05) is 0 Å². The molecule has 0 spiro atoms. The third kappa shape index (κ3) is 6.38. The summed E-state index contributed by atoms with van der Waals surface area (Å²) in [6.45, 7) is 13.1. The van der Waals surface area contributed by atoms with Crippen LogP contribution in [0.1, 0.15) is 46.0 Å². The average molecular weight is 373 g/mol. The molecule has 3 aliphatic rings. The SMILES string of the molecule is CC1CCC(NC(=O)CN2CCN(CC3(C)CCNC3)CC2)CC1.Cl. The molecule has 3 fully saturated rings. The van der Waals surface area contributed by atoms with Gasteiger partial charge in [-0.1, -0.05) is 13.8 Å². The molecule has 1 atom stereocenters. The van der Waals surface area contributed by atoms with Gasteiger partial charge >= 0.3 is 0 Å². The second-order valence-electron chi connectivity index (χ2n) is 8.81. The predicted octanol–water partition coefficient (Wildman–Crippen LogP) is 1.72. The van der Waals surface area contributed by atoms with Gasteiger partial charge in [0.05, 0.1) is 6.54 Å². The molecule has 1 amide bonds. The van der Waals surface area contributed by atoms with Crippen LogP contribution in [0.3, 0.4) is 0 Å². The molecular formula is C19H37ClN4O. The Balaban J connectivity index is 0.00000225. The summed E-state index contributed by atoms with van der Waals surface area (Å²) in [6.07, 6.45) is 6.13. The van der Waals surface area contributed by atoms with Crippen LogP contribution in [0.5, 0.6) is 0 Å². The molecule has 6 heteroatoms. The number of hydrogen-bond donors (Lipinski definition) is 2. The van der Waals surface area contributed by atoms with Gasteiger partial charge in [0, 0.05) is 45.3 Å². The Morgan fingerprint density at radius 1 is 1.12 bits per heavy atom. The number of carbonyl (C=O) groups is 1. The lowest BCUT2D eigenvalue weighted by Crippen LogP contribution is -2.52. The number of nitrogens with one attached hydrogen (secondary N) is 2. The molecule has 146 valence electrons. The quantitative estimate of drug-likeness (QED) is 0.771. The summed E-state index contributed by atoms with van der Waals surface area (Å²) in [7, 11) is 0. The highest BCUT2D eigenvalue weighted by Crippen LogP contribution is 2.26. The van der Waals surface area contributed by atoms with E-state index in [2.05, 4.69) is 34.3 Å². The molecule has 0 aromatic rings. The minimum atomic E-state index is 0. The van der Waals surface area contributed by atoms with Gasteiger partial charge in [-0.15, -0.1) is 12.4 Å². The molecule has 0 bridgehead atoms. The normalized spacial score (nSPS) is 34.5. The molecule has 25 heavy (non-hydrogen) atoms. The molecule has 2 aliphatic heterocycles. The molecule has 0 radical (unpaired) electrons. The lowest BCUT2D eigenvalue weighted by Gasteiger charge is -2.38. The maximum Gasteiger partial charge on any atom is 0.234 e. The second-order valence-corrected chi connectivity index (χ2v) is 8.81. The molecule has 1 aliphatic carbocycles. The maximum absolute atomic E-state index is 12.3. The van der Waals surface area contributed by atoms with E-state index in [-0.39, 0.29) is 18.3 Å². The monoisotopic (exact) mass is 372 g/mol. The van der Waals surface area contributed by atoms with Crippen molar-refractivity contribution < 1.29 is 4.79 Å². The highest BCUT2D eigenvalue weighted by molar-refractivity contribution is 5.85. The fourth-order valence-electron chi connectivity index (χ4n) is 4.53. The van der Waals surface area contributed by atoms with Crippen LogP contribution in [0.2, 0.25) is 0 Å². The highest BCUT2D eigenvalue weighted by atomic mass is 35.5. The zero-order valence-electron chi connectivity index (χ0n) is 16.1. The summed E-state index contributed by atoms with van der Waals surface area (Å²) in [6, 6.07) is 0.421. The van der Waals surface area contributed by atoms with E-state index < -0.39 is 0 Å². The molecule has 2 saturated heterocycles. The summed E-state index contributed by atoms with van der Waals surface area (Å²) in [4.78, 5) is 17.2. The number of halogens is 1. The zero-order chi connectivity index (χ0) is 17.0. The van der Waals surface area contributed by atoms with Crippen molar-refractivity contribution in [3.8, 4) is 0 Å². The van der Waals surface area contributed by atoms with Gasteiger partial charge < -0.3 is 15.5 Å². The molecule has 3 rings (SSSR count). The zero-order valence-corrected chi connectivity index (χ0v) is 16.9. The van der Waals surface area contributed by atoms with Gasteiger partial charge in [-0.25, -0.2) is 0 Å². The van der Waals surface area contributed by atoms with Crippen molar-refractivity contribution in [2.45, 2.75) is 52.0 Å². The van der Waals surface area contributed by atoms with Crippen LogP contribution in [0, 0.1) is 11.3 Å². The van der Waals surface area contributed by atoms with Crippen LogP contribution in [-0.2, 0) is 4.79 Å². The summed E-state index contributed by atoms with van der Waals surface area (Å²) in [5, 5.41) is 6.75. The molecule has 0 aromatic carbocycles. The summed E-state index contributed by atoms with van der Waals surface area (Å²) in [5.41, 5.74) is 0.442.